The molecule has 6 heteroatoms. The molecule has 0 atom stereocenters. The quantitative estimate of drug-likeness (QED) is 0.805. The zero-order valence-electron chi connectivity index (χ0n) is 10.4. The molecular formula is C14H12F2N2O2. The molecule has 0 heterocycles. The van der Waals surface area contributed by atoms with Gasteiger partial charge in [-0.2, -0.15) is 0 Å². The lowest BCUT2D eigenvalue weighted by atomic mass is 10.2. The zero-order valence-corrected chi connectivity index (χ0v) is 10.4. The van der Waals surface area contributed by atoms with Crippen LogP contribution in [0.15, 0.2) is 42.5 Å². The lowest BCUT2D eigenvalue weighted by Crippen LogP contribution is -2.16. The van der Waals surface area contributed by atoms with Crippen molar-refractivity contribution in [3.05, 3.63) is 54.1 Å². The number of halogens is 2. The molecule has 2 aromatic rings. The number of aliphatic hydroxyl groups is 1. The second-order valence-corrected chi connectivity index (χ2v) is 4.00. The van der Waals surface area contributed by atoms with Crippen molar-refractivity contribution in [3.63, 3.8) is 0 Å². The molecular weight excluding hydrogens is 266 g/mol. The van der Waals surface area contributed by atoms with E-state index in [9.17, 15) is 13.6 Å². The van der Waals surface area contributed by atoms with Gasteiger partial charge in [-0.25, -0.2) is 8.78 Å². The number of rotatable bonds is 4. The second-order valence-electron chi connectivity index (χ2n) is 4.00. The van der Waals surface area contributed by atoms with Gasteiger partial charge in [0.15, 0.2) is 0 Å². The largest absolute Gasteiger partial charge is 0.387 e. The average molecular weight is 278 g/mol. The van der Waals surface area contributed by atoms with Crippen LogP contribution in [-0.2, 0) is 4.79 Å². The maximum Gasteiger partial charge on any atom is 0.250 e. The Hall–Kier alpha value is -2.47. The normalized spacial score (nSPS) is 10.2. The van der Waals surface area contributed by atoms with Crippen molar-refractivity contribution < 1.29 is 18.7 Å². The van der Waals surface area contributed by atoms with E-state index in [0.717, 1.165) is 12.1 Å². The summed E-state index contributed by atoms with van der Waals surface area (Å²) in [4.78, 5) is 11.2. The number of anilines is 3. The summed E-state index contributed by atoms with van der Waals surface area (Å²) in [6, 6.07) is 9.49. The predicted molar refractivity (Wildman–Crippen MR) is 71.8 cm³/mol. The van der Waals surface area contributed by atoms with Crippen LogP contribution in [0.5, 0.6) is 0 Å². The smallest absolute Gasteiger partial charge is 0.250 e. The molecule has 4 nitrogen and oxygen atoms in total. The summed E-state index contributed by atoms with van der Waals surface area (Å²) in [6.45, 7) is -0.698. The second kappa shape index (κ2) is 6.12. The topological polar surface area (TPSA) is 61.4 Å². The van der Waals surface area contributed by atoms with Gasteiger partial charge in [0.2, 0.25) is 5.91 Å². The van der Waals surface area contributed by atoms with Crippen molar-refractivity contribution in [3.8, 4) is 0 Å². The Morgan fingerprint density at radius 3 is 2.50 bits per heavy atom. The van der Waals surface area contributed by atoms with E-state index in [0.29, 0.717) is 0 Å². The molecule has 0 unspecified atom stereocenters. The average Bonchev–Trinajstić information content (AvgIpc) is 2.44. The molecule has 0 saturated heterocycles. The number of hydrogen-bond acceptors (Lipinski definition) is 3. The molecule has 0 aliphatic carbocycles. The molecule has 0 saturated carbocycles. The van der Waals surface area contributed by atoms with E-state index in [1.807, 2.05) is 0 Å². The Kier molecular flexibility index (Phi) is 4.27. The van der Waals surface area contributed by atoms with Crippen LogP contribution in [0.25, 0.3) is 0 Å². The van der Waals surface area contributed by atoms with Gasteiger partial charge in [0.1, 0.15) is 18.2 Å². The van der Waals surface area contributed by atoms with Crippen LogP contribution in [0.4, 0.5) is 25.8 Å². The molecule has 0 bridgehead atoms. The molecule has 20 heavy (non-hydrogen) atoms. The molecule has 2 aromatic carbocycles. The fourth-order valence-corrected chi connectivity index (χ4v) is 1.63. The zero-order chi connectivity index (χ0) is 14.5. The van der Waals surface area contributed by atoms with Crippen LogP contribution < -0.4 is 10.6 Å². The standard InChI is InChI=1S/C14H12F2N2O2/c15-9-5-6-12(18-14(20)8-19)13(7-9)17-11-4-2-1-3-10(11)16/h1-7,17,19H,8H2,(H,18,20). The van der Waals surface area contributed by atoms with Gasteiger partial charge in [0.25, 0.3) is 0 Å². The Morgan fingerprint density at radius 1 is 1.05 bits per heavy atom. The SMILES string of the molecule is O=C(CO)Nc1ccc(F)cc1Nc1ccccc1F. The van der Waals surface area contributed by atoms with Gasteiger partial charge >= 0.3 is 0 Å². The number of para-hydroxylation sites is 1. The van der Waals surface area contributed by atoms with E-state index in [1.54, 1.807) is 6.07 Å². The van der Waals surface area contributed by atoms with E-state index in [4.69, 9.17) is 5.11 Å². The lowest BCUT2D eigenvalue weighted by Gasteiger charge is -2.13. The molecule has 0 spiro atoms. The van der Waals surface area contributed by atoms with Crippen LogP contribution in [0.3, 0.4) is 0 Å². The predicted octanol–water partition coefficient (Wildman–Crippen LogP) is 2.64. The van der Waals surface area contributed by atoms with Crippen LogP contribution in [0, 0.1) is 11.6 Å². The third-order valence-electron chi connectivity index (χ3n) is 2.54. The number of amides is 1. The molecule has 0 aromatic heterocycles. The highest BCUT2D eigenvalue weighted by Crippen LogP contribution is 2.27. The summed E-state index contributed by atoms with van der Waals surface area (Å²) >= 11 is 0. The monoisotopic (exact) mass is 278 g/mol. The minimum atomic E-state index is -0.698. The van der Waals surface area contributed by atoms with Crippen molar-refractivity contribution in [2.24, 2.45) is 0 Å². The van der Waals surface area contributed by atoms with Crippen molar-refractivity contribution in [2.75, 3.05) is 17.2 Å². The van der Waals surface area contributed by atoms with Crippen molar-refractivity contribution in [2.45, 2.75) is 0 Å². The minimum absolute atomic E-state index is 0.151. The van der Waals surface area contributed by atoms with E-state index < -0.39 is 24.1 Å². The molecule has 104 valence electrons. The molecule has 0 aliphatic heterocycles. The molecule has 1 amide bonds. The first kappa shape index (κ1) is 14.0. The maximum atomic E-state index is 13.6. The Morgan fingerprint density at radius 2 is 1.80 bits per heavy atom. The van der Waals surface area contributed by atoms with Crippen LogP contribution >= 0.6 is 0 Å². The third-order valence-corrected chi connectivity index (χ3v) is 2.54. The summed E-state index contributed by atoms with van der Waals surface area (Å²) in [5, 5.41) is 13.8. The first-order chi connectivity index (χ1) is 9.60. The Labute approximate surface area is 114 Å². The number of carbonyl (C=O) groups is 1. The van der Waals surface area contributed by atoms with Crippen LogP contribution in [0.1, 0.15) is 0 Å². The Bertz CT molecular complexity index is 632. The number of benzene rings is 2. The van der Waals surface area contributed by atoms with Gasteiger partial charge in [0.05, 0.1) is 17.1 Å². The highest BCUT2D eigenvalue weighted by atomic mass is 19.1. The summed E-state index contributed by atoms with van der Waals surface area (Å²) in [6.07, 6.45) is 0. The third kappa shape index (κ3) is 3.30. The van der Waals surface area contributed by atoms with Gasteiger partial charge in [-0.15, -0.1) is 0 Å². The van der Waals surface area contributed by atoms with Crippen molar-refractivity contribution in [1.29, 1.82) is 0 Å². The number of carbonyl (C=O) groups excluding carboxylic acids is 1. The van der Waals surface area contributed by atoms with Crippen LogP contribution in [0.2, 0.25) is 0 Å². The van der Waals surface area contributed by atoms with Crippen LogP contribution in [-0.4, -0.2) is 17.6 Å². The summed E-state index contributed by atoms with van der Waals surface area (Å²) in [5.74, 6) is -1.68. The lowest BCUT2D eigenvalue weighted by molar-refractivity contribution is -0.118. The molecule has 0 fully saturated rings. The minimum Gasteiger partial charge on any atom is -0.387 e. The first-order valence-electron chi connectivity index (χ1n) is 5.82. The van der Waals surface area contributed by atoms with Gasteiger partial charge in [-0.3, -0.25) is 4.79 Å². The number of aliphatic hydroxyl groups excluding tert-OH is 1. The van der Waals surface area contributed by atoms with Gasteiger partial charge < -0.3 is 15.7 Å². The molecule has 0 aliphatic rings. The number of hydrogen-bond donors (Lipinski definition) is 3. The van der Waals surface area contributed by atoms with E-state index in [1.165, 1.54) is 24.3 Å². The highest BCUT2D eigenvalue weighted by molar-refractivity contribution is 5.95. The van der Waals surface area contributed by atoms with E-state index in [2.05, 4.69) is 10.6 Å². The molecule has 0 radical (unpaired) electrons. The van der Waals surface area contributed by atoms with E-state index >= 15 is 0 Å². The fourth-order valence-electron chi connectivity index (χ4n) is 1.63. The number of nitrogens with one attached hydrogen (secondary N) is 2. The molecule has 2 rings (SSSR count). The highest BCUT2D eigenvalue weighted by Gasteiger charge is 2.09. The van der Waals surface area contributed by atoms with E-state index in [-0.39, 0.29) is 17.1 Å². The maximum absolute atomic E-state index is 13.6. The summed E-state index contributed by atoms with van der Waals surface area (Å²) in [5.41, 5.74) is 0.586. The van der Waals surface area contributed by atoms with Crippen molar-refractivity contribution in [1.82, 2.24) is 0 Å². The van der Waals surface area contributed by atoms with Gasteiger partial charge in [-0.1, -0.05) is 12.1 Å². The van der Waals surface area contributed by atoms with Crippen molar-refractivity contribution >= 4 is 23.0 Å². The molecule has 3 N–H and O–H groups in total. The van der Waals surface area contributed by atoms with Gasteiger partial charge in [-0.05, 0) is 30.3 Å². The van der Waals surface area contributed by atoms with Gasteiger partial charge in [0, 0.05) is 0 Å². The summed E-state index contributed by atoms with van der Waals surface area (Å²) < 4.78 is 26.8. The fraction of sp³-hybridized carbons (Fsp3) is 0.0714. The first-order valence-corrected chi connectivity index (χ1v) is 5.82. The Balaban J connectivity index is 2.32. The summed E-state index contributed by atoms with van der Waals surface area (Å²) in [7, 11) is 0.